The summed E-state index contributed by atoms with van der Waals surface area (Å²) in [7, 11) is 1.26. The van der Waals surface area contributed by atoms with Gasteiger partial charge in [-0.2, -0.15) is 0 Å². The number of methoxy groups -OCH3 is 1. The molecule has 160 valence electrons. The Bertz CT molecular complexity index is 1100. The van der Waals surface area contributed by atoms with Gasteiger partial charge in [0.15, 0.2) is 0 Å². The van der Waals surface area contributed by atoms with Crippen molar-refractivity contribution in [1.82, 2.24) is 0 Å². The zero-order valence-corrected chi connectivity index (χ0v) is 17.7. The van der Waals surface area contributed by atoms with Gasteiger partial charge < -0.3 is 14.6 Å². The van der Waals surface area contributed by atoms with Crippen LogP contribution >= 0.6 is 0 Å². The molecule has 2 aromatic carbocycles. The second kappa shape index (κ2) is 8.87. The molecule has 0 radical (unpaired) electrons. The molecule has 1 N–H and O–H groups in total. The van der Waals surface area contributed by atoms with Gasteiger partial charge in [-0.25, -0.2) is 9.59 Å². The third kappa shape index (κ3) is 4.50. The van der Waals surface area contributed by atoms with Crippen molar-refractivity contribution >= 4 is 29.6 Å². The highest BCUT2D eigenvalue weighted by Crippen LogP contribution is 2.36. The highest BCUT2D eigenvalue weighted by Gasteiger charge is 2.38. The molecule has 31 heavy (non-hydrogen) atoms. The number of rotatable bonds is 6. The van der Waals surface area contributed by atoms with Gasteiger partial charge in [-0.3, -0.25) is 9.69 Å². The molecule has 0 saturated carbocycles. The van der Waals surface area contributed by atoms with Crippen LogP contribution in [0.15, 0.2) is 65.4 Å². The number of benzene rings is 2. The molecule has 0 saturated heterocycles. The predicted octanol–water partition coefficient (Wildman–Crippen LogP) is 4.05. The Hall–Kier alpha value is -3.87. The van der Waals surface area contributed by atoms with Crippen molar-refractivity contribution in [2.75, 3.05) is 12.0 Å². The minimum atomic E-state index is -1.04. The van der Waals surface area contributed by atoms with Crippen molar-refractivity contribution in [3.8, 4) is 5.75 Å². The van der Waals surface area contributed by atoms with Crippen molar-refractivity contribution in [1.29, 1.82) is 0 Å². The van der Waals surface area contributed by atoms with Gasteiger partial charge in [-0.15, -0.1) is 0 Å². The van der Waals surface area contributed by atoms with E-state index in [1.165, 1.54) is 24.1 Å². The summed E-state index contributed by atoms with van der Waals surface area (Å²) in [6.45, 7) is 5.49. The van der Waals surface area contributed by atoms with Crippen LogP contribution in [-0.4, -0.2) is 36.2 Å². The first kappa shape index (κ1) is 21.8. The van der Waals surface area contributed by atoms with E-state index in [2.05, 4.69) is 0 Å². The second-order valence-electron chi connectivity index (χ2n) is 7.24. The first-order chi connectivity index (χ1) is 14.7. The molecule has 2 aromatic rings. The Labute approximate surface area is 180 Å². The van der Waals surface area contributed by atoms with E-state index in [0.29, 0.717) is 22.7 Å². The lowest BCUT2D eigenvalue weighted by atomic mass is 10.0. The molecule has 7 heteroatoms. The van der Waals surface area contributed by atoms with Crippen LogP contribution in [0.4, 0.5) is 5.69 Å². The molecule has 1 amide bonds. The summed E-state index contributed by atoms with van der Waals surface area (Å²) in [6.07, 6.45) is 1.52. The second-order valence-corrected chi connectivity index (χ2v) is 7.24. The highest BCUT2D eigenvalue weighted by atomic mass is 16.5. The number of hydrogen-bond acceptors (Lipinski definition) is 5. The number of carbonyl (C=O) groups is 3. The largest absolute Gasteiger partial charge is 0.491 e. The minimum absolute atomic E-state index is 0.0315. The monoisotopic (exact) mass is 421 g/mol. The number of ether oxygens (including phenoxy) is 2. The molecule has 1 aliphatic rings. The van der Waals surface area contributed by atoms with Crippen molar-refractivity contribution in [2.45, 2.75) is 26.9 Å². The van der Waals surface area contributed by atoms with Crippen LogP contribution in [0.2, 0.25) is 0 Å². The summed E-state index contributed by atoms with van der Waals surface area (Å²) in [5.74, 6) is -1.45. The maximum Gasteiger partial charge on any atom is 0.340 e. The van der Waals surface area contributed by atoms with E-state index in [0.717, 1.165) is 0 Å². The number of carbonyl (C=O) groups excluding carboxylic acids is 2. The van der Waals surface area contributed by atoms with Crippen LogP contribution in [0, 0.1) is 0 Å². The Morgan fingerprint density at radius 1 is 1.10 bits per heavy atom. The average Bonchev–Trinajstić information content (AvgIpc) is 2.97. The third-order valence-electron chi connectivity index (χ3n) is 4.71. The lowest BCUT2D eigenvalue weighted by Crippen LogP contribution is -2.24. The normalized spacial score (nSPS) is 15.1. The van der Waals surface area contributed by atoms with E-state index in [1.54, 1.807) is 49.4 Å². The van der Waals surface area contributed by atoms with E-state index in [-0.39, 0.29) is 28.7 Å². The first-order valence-electron chi connectivity index (χ1n) is 9.68. The van der Waals surface area contributed by atoms with Gasteiger partial charge in [-0.05, 0) is 56.7 Å². The summed E-state index contributed by atoms with van der Waals surface area (Å²) in [6, 6.07) is 13.1. The van der Waals surface area contributed by atoms with Crippen molar-refractivity contribution in [2.24, 2.45) is 0 Å². The van der Waals surface area contributed by atoms with Crippen LogP contribution in [0.3, 0.4) is 0 Å². The fourth-order valence-corrected chi connectivity index (χ4v) is 3.35. The average molecular weight is 421 g/mol. The number of amides is 1. The smallest absolute Gasteiger partial charge is 0.340 e. The Balaban J connectivity index is 2.06. The topological polar surface area (TPSA) is 93.1 Å². The van der Waals surface area contributed by atoms with Crippen molar-refractivity contribution in [3.05, 3.63) is 76.5 Å². The van der Waals surface area contributed by atoms with E-state index >= 15 is 0 Å². The van der Waals surface area contributed by atoms with E-state index in [1.807, 2.05) is 13.8 Å². The van der Waals surface area contributed by atoms with Gasteiger partial charge in [0, 0.05) is 11.8 Å². The highest BCUT2D eigenvalue weighted by molar-refractivity contribution is 6.23. The SMILES string of the molecule is COC(=O)C1=C(C)N(c2cccc(OC(C)C)c2)C(=O)/C1=C\c1ccc(C(=O)O)cc1. The van der Waals surface area contributed by atoms with Gasteiger partial charge in [0.05, 0.1) is 35.6 Å². The number of allylic oxidation sites excluding steroid dienone is 1. The first-order valence-corrected chi connectivity index (χ1v) is 9.68. The minimum Gasteiger partial charge on any atom is -0.491 e. The van der Waals surface area contributed by atoms with E-state index in [4.69, 9.17) is 14.6 Å². The number of hydrogen-bond donors (Lipinski definition) is 1. The molecule has 7 nitrogen and oxygen atoms in total. The number of esters is 1. The maximum atomic E-state index is 13.3. The van der Waals surface area contributed by atoms with Gasteiger partial charge in [0.2, 0.25) is 0 Å². The van der Waals surface area contributed by atoms with Gasteiger partial charge in [0.25, 0.3) is 5.91 Å². The van der Waals surface area contributed by atoms with Gasteiger partial charge in [0.1, 0.15) is 5.75 Å². The van der Waals surface area contributed by atoms with Crippen molar-refractivity contribution in [3.63, 3.8) is 0 Å². The molecular weight excluding hydrogens is 398 g/mol. The zero-order valence-electron chi connectivity index (χ0n) is 17.7. The van der Waals surface area contributed by atoms with Gasteiger partial charge >= 0.3 is 11.9 Å². The summed E-state index contributed by atoms with van der Waals surface area (Å²) in [4.78, 5) is 38.3. The molecule has 0 aliphatic carbocycles. The number of anilines is 1. The van der Waals surface area contributed by atoms with Crippen LogP contribution in [0.5, 0.6) is 5.75 Å². The Morgan fingerprint density at radius 2 is 1.77 bits per heavy atom. The summed E-state index contributed by atoms with van der Waals surface area (Å²) < 4.78 is 10.6. The summed E-state index contributed by atoms with van der Waals surface area (Å²) in [5.41, 5.74) is 2.04. The van der Waals surface area contributed by atoms with Crippen LogP contribution in [0.1, 0.15) is 36.7 Å². The lowest BCUT2D eigenvalue weighted by Gasteiger charge is -2.19. The fraction of sp³-hybridized carbons (Fsp3) is 0.208. The molecule has 1 heterocycles. The summed E-state index contributed by atoms with van der Waals surface area (Å²) in [5, 5.41) is 9.07. The Kier molecular flexibility index (Phi) is 6.25. The fourth-order valence-electron chi connectivity index (χ4n) is 3.35. The number of carboxylic acids is 1. The summed E-state index contributed by atoms with van der Waals surface area (Å²) >= 11 is 0. The standard InChI is InChI=1S/C24H23NO6/c1-14(2)31-19-7-5-6-18(13-19)25-15(3)21(24(29)30-4)20(22(25)26)12-16-8-10-17(11-9-16)23(27)28/h5-14H,1-4H3,(H,27,28)/b20-12-. The van der Waals surface area contributed by atoms with Gasteiger partial charge in [-0.1, -0.05) is 18.2 Å². The quantitative estimate of drug-likeness (QED) is 0.559. The van der Waals surface area contributed by atoms with Crippen molar-refractivity contribution < 1.29 is 29.0 Å². The molecular formula is C24H23NO6. The molecule has 0 aromatic heterocycles. The molecule has 0 spiro atoms. The third-order valence-corrected chi connectivity index (χ3v) is 4.71. The molecule has 0 atom stereocenters. The van der Waals surface area contributed by atoms with E-state index < -0.39 is 11.9 Å². The molecule has 1 aliphatic heterocycles. The van der Waals surface area contributed by atoms with Crippen LogP contribution in [0.25, 0.3) is 6.08 Å². The number of carboxylic acid groups (broad SMARTS) is 1. The predicted molar refractivity (Wildman–Crippen MR) is 116 cm³/mol. The molecule has 0 fully saturated rings. The molecule has 0 bridgehead atoms. The molecule has 3 rings (SSSR count). The van der Waals surface area contributed by atoms with Crippen LogP contribution < -0.4 is 9.64 Å². The molecule has 0 unspecified atom stereocenters. The number of nitrogens with zero attached hydrogens (tertiary/aromatic N) is 1. The lowest BCUT2D eigenvalue weighted by molar-refractivity contribution is -0.136. The Morgan fingerprint density at radius 3 is 2.35 bits per heavy atom. The van der Waals surface area contributed by atoms with E-state index in [9.17, 15) is 14.4 Å². The zero-order chi connectivity index (χ0) is 22.7. The maximum absolute atomic E-state index is 13.3. The number of aromatic carboxylic acids is 1. The van der Waals surface area contributed by atoms with Crippen LogP contribution in [-0.2, 0) is 14.3 Å².